The van der Waals surface area contributed by atoms with Gasteiger partial charge in [0.2, 0.25) is 0 Å². The monoisotopic (exact) mass is 612 g/mol. The number of aliphatic hydroxyl groups is 1. The zero-order valence-electron chi connectivity index (χ0n) is 23.7. The molecule has 6 rings (SSSR count). The van der Waals surface area contributed by atoms with Crippen molar-refractivity contribution in [2.24, 2.45) is 5.92 Å². The van der Waals surface area contributed by atoms with Crippen LogP contribution < -0.4 is 14.2 Å². The Morgan fingerprint density at radius 3 is 2.70 bits per heavy atom. The second-order valence-electron chi connectivity index (χ2n) is 10.7. The van der Waals surface area contributed by atoms with E-state index in [0.29, 0.717) is 45.6 Å². The summed E-state index contributed by atoms with van der Waals surface area (Å²) in [5, 5.41) is 12.0. The highest BCUT2D eigenvalue weighted by Crippen LogP contribution is 2.39. The number of amides is 1. The van der Waals surface area contributed by atoms with Gasteiger partial charge in [0, 0.05) is 22.4 Å². The molecule has 224 valence electrons. The van der Waals surface area contributed by atoms with Crippen LogP contribution in [0.1, 0.15) is 38.8 Å². The Labute approximate surface area is 254 Å². The zero-order valence-corrected chi connectivity index (χ0v) is 24.6. The van der Waals surface area contributed by atoms with Crippen LogP contribution in [0.4, 0.5) is 4.39 Å². The maximum atomic E-state index is 13.5. The van der Waals surface area contributed by atoms with Crippen LogP contribution in [0.5, 0.6) is 11.5 Å². The minimum absolute atomic E-state index is 0.0409. The molecule has 4 aromatic carbocycles. The molecule has 2 heterocycles. The van der Waals surface area contributed by atoms with Gasteiger partial charge in [-0.25, -0.2) is 22.5 Å². The number of benzene rings is 4. The molecule has 5 aromatic rings. The second kappa shape index (κ2) is 12.1. The van der Waals surface area contributed by atoms with Crippen molar-refractivity contribution in [3.05, 3.63) is 131 Å². The average molecular weight is 613 g/mol. The van der Waals surface area contributed by atoms with Crippen LogP contribution in [0.15, 0.2) is 102 Å². The van der Waals surface area contributed by atoms with Gasteiger partial charge in [0.1, 0.15) is 23.9 Å². The van der Waals surface area contributed by atoms with Gasteiger partial charge in [-0.2, -0.15) is 0 Å². The van der Waals surface area contributed by atoms with E-state index in [4.69, 9.17) is 9.47 Å². The first kappa shape index (κ1) is 29.3. The van der Waals surface area contributed by atoms with E-state index < -0.39 is 22.0 Å². The number of pyridine rings is 1. The molecule has 1 amide bonds. The normalized spacial score (nSPS) is 16.2. The molecule has 0 radical (unpaired) electrons. The molecule has 0 aliphatic carbocycles. The highest BCUT2D eigenvalue weighted by Gasteiger charge is 2.30. The number of fused-ring (bicyclic) bond motifs is 2. The van der Waals surface area contributed by atoms with Crippen molar-refractivity contribution >= 4 is 26.8 Å². The number of aromatic nitrogens is 1. The molecule has 0 fully saturated rings. The third-order valence-corrected chi connectivity index (χ3v) is 9.08. The van der Waals surface area contributed by atoms with Crippen molar-refractivity contribution in [3.63, 3.8) is 0 Å². The van der Waals surface area contributed by atoms with Crippen molar-refractivity contribution in [2.45, 2.75) is 31.0 Å². The van der Waals surface area contributed by atoms with Crippen LogP contribution >= 0.6 is 0 Å². The number of aliphatic hydroxyl groups excluding tert-OH is 1. The quantitative estimate of drug-likeness (QED) is 0.232. The maximum Gasteiger partial charge on any atom is 0.265 e. The molecular formula is C34H29FN2O6S. The Morgan fingerprint density at radius 1 is 1.02 bits per heavy atom. The number of nitrogens with one attached hydrogen (secondary N) is 1. The molecule has 44 heavy (non-hydrogen) atoms. The van der Waals surface area contributed by atoms with E-state index in [1.165, 1.54) is 18.2 Å². The maximum absolute atomic E-state index is 13.5. The van der Waals surface area contributed by atoms with Crippen LogP contribution in [0.25, 0.3) is 10.9 Å². The Kier molecular flexibility index (Phi) is 8.03. The van der Waals surface area contributed by atoms with Crippen molar-refractivity contribution in [3.8, 4) is 11.5 Å². The Bertz CT molecular complexity index is 1980. The van der Waals surface area contributed by atoms with Gasteiger partial charge in [-0.05, 0) is 85.1 Å². The number of aryl methyl sites for hydroxylation is 1. The summed E-state index contributed by atoms with van der Waals surface area (Å²) in [6.45, 7) is 2.10. The SMILES string of the molecule is Cc1ccccc1S(=O)(=O)NC(=O)c1cccc(C[C@@H]2COc3ccc(OCc4ccc5cc(F)ccc5n4)cc3[C@@H]2O)c1. The predicted molar refractivity (Wildman–Crippen MR) is 162 cm³/mol. The number of ether oxygens (including phenoxy) is 2. The van der Waals surface area contributed by atoms with Gasteiger partial charge in [-0.15, -0.1) is 0 Å². The molecular weight excluding hydrogens is 583 g/mol. The van der Waals surface area contributed by atoms with E-state index in [1.54, 1.807) is 79.7 Å². The summed E-state index contributed by atoms with van der Waals surface area (Å²) in [5.74, 6) is -0.299. The number of carbonyl (C=O) groups excluding carboxylic acids is 1. The first-order valence-corrected chi connectivity index (χ1v) is 15.5. The third-order valence-electron chi connectivity index (χ3n) is 7.59. The van der Waals surface area contributed by atoms with E-state index in [2.05, 4.69) is 9.71 Å². The zero-order chi connectivity index (χ0) is 30.8. The lowest BCUT2D eigenvalue weighted by Crippen LogP contribution is -2.31. The van der Waals surface area contributed by atoms with Crippen LogP contribution in [-0.4, -0.2) is 31.0 Å². The fourth-order valence-corrected chi connectivity index (χ4v) is 6.53. The summed E-state index contributed by atoms with van der Waals surface area (Å²) in [5.41, 5.74) is 3.39. The third kappa shape index (κ3) is 6.27. The lowest BCUT2D eigenvalue weighted by molar-refractivity contribution is 0.0504. The molecule has 0 spiro atoms. The molecule has 0 bridgehead atoms. The highest BCUT2D eigenvalue weighted by molar-refractivity contribution is 7.90. The number of sulfonamides is 1. The lowest BCUT2D eigenvalue weighted by atomic mass is 9.87. The van der Waals surface area contributed by atoms with Crippen LogP contribution in [0.3, 0.4) is 0 Å². The van der Waals surface area contributed by atoms with E-state index >= 15 is 0 Å². The molecule has 10 heteroatoms. The van der Waals surface area contributed by atoms with Gasteiger partial charge in [-0.3, -0.25) is 4.79 Å². The molecule has 1 aliphatic rings. The number of rotatable bonds is 8. The fraction of sp³-hybridized carbons (Fsp3) is 0.176. The van der Waals surface area contributed by atoms with Gasteiger partial charge in [0.15, 0.2) is 0 Å². The largest absolute Gasteiger partial charge is 0.493 e. The molecule has 2 N–H and O–H groups in total. The van der Waals surface area contributed by atoms with Gasteiger partial charge >= 0.3 is 0 Å². The summed E-state index contributed by atoms with van der Waals surface area (Å²) in [7, 11) is -4.05. The average Bonchev–Trinajstić information content (AvgIpc) is 3.01. The topological polar surface area (TPSA) is 115 Å². The number of nitrogens with zero attached hydrogens (tertiary/aromatic N) is 1. The number of halogens is 1. The van der Waals surface area contributed by atoms with Crippen LogP contribution in [0, 0.1) is 18.7 Å². The van der Waals surface area contributed by atoms with Crippen LogP contribution in [0.2, 0.25) is 0 Å². The lowest BCUT2D eigenvalue weighted by Gasteiger charge is -2.30. The summed E-state index contributed by atoms with van der Waals surface area (Å²) >= 11 is 0. The predicted octanol–water partition coefficient (Wildman–Crippen LogP) is 5.66. The van der Waals surface area contributed by atoms with E-state index in [-0.39, 0.29) is 35.4 Å². The summed E-state index contributed by atoms with van der Waals surface area (Å²) < 4.78 is 53.1. The Morgan fingerprint density at radius 2 is 1.86 bits per heavy atom. The van der Waals surface area contributed by atoms with Crippen molar-refractivity contribution in [1.82, 2.24) is 9.71 Å². The minimum atomic E-state index is -4.05. The standard InChI is InChI=1S/C34H29FN2O6S/c1-21-5-2-3-8-32(21)44(40,41)37-34(39)24-7-4-6-22(15-24)16-25-19-43-31-14-12-28(18-29(31)33(25)38)42-20-27-11-9-23-17-26(35)10-13-30(23)36-27/h2-15,17-18,25,33,38H,16,19-20H2,1H3,(H,37,39)/t25-,33-/m1/s1. The fourth-order valence-electron chi connectivity index (χ4n) is 5.30. The van der Waals surface area contributed by atoms with Gasteiger partial charge in [0.05, 0.1) is 28.8 Å². The summed E-state index contributed by atoms with van der Waals surface area (Å²) in [4.78, 5) is 17.5. The first-order valence-electron chi connectivity index (χ1n) is 14.0. The molecule has 0 unspecified atom stereocenters. The van der Waals surface area contributed by atoms with Gasteiger partial charge < -0.3 is 14.6 Å². The van der Waals surface area contributed by atoms with Gasteiger partial charge in [0.25, 0.3) is 15.9 Å². The smallest absolute Gasteiger partial charge is 0.265 e. The van der Waals surface area contributed by atoms with E-state index in [0.717, 1.165) is 5.56 Å². The van der Waals surface area contributed by atoms with Crippen molar-refractivity contribution < 1.29 is 32.2 Å². The van der Waals surface area contributed by atoms with Crippen LogP contribution in [-0.2, 0) is 23.1 Å². The van der Waals surface area contributed by atoms with E-state index in [9.17, 15) is 22.7 Å². The molecule has 0 saturated carbocycles. The molecule has 8 nitrogen and oxygen atoms in total. The highest BCUT2D eigenvalue weighted by atomic mass is 32.2. The Hall–Kier alpha value is -4.80. The minimum Gasteiger partial charge on any atom is -0.493 e. The van der Waals surface area contributed by atoms with Crippen molar-refractivity contribution in [2.75, 3.05) is 6.61 Å². The van der Waals surface area contributed by atoms with Gasteiger partial charge in [-0.1, -0.05) is 36.4 Å². The number of hydrogen-bond donors (Lipinski definition) is 2. The summed E-state index contributed by atoms with van der Waals surface area (Å²) in [6.07, 6.45) is -0.478. The van der Waals surface area contributed by atoms with Crippen molar-refractivity contribution in [1.29, 1.82) is 0 Å². The summed E-state index contributed by atoms with van der Waals surface area (Å²) in [6, 6.07) is 26.3. The molecule has 1 aliphatic heterocycles. The molecule has 2 atom stereocenters. The molecule has 0 saturated heterocycles. The first-order chi connectivity index (χ1) is 21.2. The Balaban J connectivity index is 1.12. The van der Waals surface area contributed by atoms with E-state index in [1.807, 2.05) is 6.07 Å². The molecule has 1 aromatic heterocycles. The second-order valence-corrected chi connectivity index (χ2v) is 12.4. The number of hydrogen-bond acceptors (Lipinski definition) is 7. The number of carbonyl (C=O) groups is 1.